The van der Waals surface area contributed by atoms with Gasteiger partial charge in [0.1, 0.15) is 11.7 Å². The number of carbonyl (C=O) groups is 2. The molecule has 0 unspecified atom stereocenters. The van der Waals surface area contributed by atoms with Crippen LogP contribution in [0.1, 0.15) is 32.6 Å². The summed E-state index contributed by atoms with van der Waals surface area (Å²) in [6.07, 6.45) is 3.42. The molecule has 3 aromatic rings. The van der Waals surface area contributed by atoms with Crippen LogP contribution in [0.2, 0.25) is 0 Å². The lowest BCUT2D eigenvalue weighted by molar-refractivity contribution is -0.119. The second-order valence-electron chi connectivity index (χ2n) is 7.00. The number of hydrogen-bond acceptors (Lipinski definition) is 4. The zero-order valence-corrected chi connectivity index (χ0v) is 17.0. The zero-order valence-electron chi connectivity index (χ0n) is 17.0. The number of benzene rings is 2. The van der Waals surface area contributed by atoms with E-state index in [4.69, 9.17) is 11.1 Å². The first-order valence-corrected chi connectivity index (χ1v) is 9.57. The lowest BCUT2D eigenvalue weighted by Gasteiger charge is -2.06. The number of halogens is 1. The molecule has 0 atom stereocenters. The number of hydrogen-bond donors (Lipinski definition) is 4. The van der Waals surface area contributed by atoms with Gasteiger partial charge >= 0.3 is 0 Å². The van der Waals surface area contributed by atoms with Gasteiger partial charge in [0.05, 0.1) is 30.3 Å². The minimum Gasteiger partial charge on any atom is -0.384 e. The molecule has 0 aliphatic heterocycles. The highest BCUT2D eigenvalue weighted by molar-refractivity contribution is 5.95. The van der Waals surface area contributed by atoms with Gasteiger partial charge in [0, 0.05) is 19.8 Å². The number of amides is 2. The molecule has 0 saturated carbocycles. The van der Waals surface area contributed by atoms with Gasteiger partial charge in [-0.1, -0.05) is 30.3 Å². The normalized spacial score (nSPS) is 10.5. The highest BCUT2D eigenvalue weighted by Gasteiger charge is 2.11. The van der Waals surface area contributed by atoms with Gasteiger partial charge in [-0.05, 0) is 28.8 Å². The topological polar surface area (TPSA) is 126 Å². The quantitative estimate of drug-likeness (QED) is 0.325. The van der Waals surface area contributed by atoms with Crippen LogP contribution in [-0.4, -0.2) is 34.5 Å². The molecule has 31 heavy (non-hydrogen) atoms. The Labute approximate surface area is 178 Å². The van der Waals surface area contributed by atoms with E-state index in [1.165, 1.54) is 18.3 Å². The third-order valence-corrected chi connectivity index (χ3v) is 4.68. The third-order valence-electron chi connectivity index (χ3n) is 4.68. The molecule has 0 bridgehead atoms. The largest absolute Gasteiger partial charge is 0.384 e. The van der Waals surface area contributed by atoms with Crippen molar-refractivity contribution in [1.82, 2.24) is 20.4 Å². The fraction of sp³-hybridized carbons (Fsp3) is 0.182. The van der Waals surface area contributed by atoms with Crippen molar-refractivity contribution >= 4 is 17.6 Å². The predicted octanol–water partition coefficient (Wildman–Crippen LogP) is 1.57. The number of carbonyl (C=O) groups excluding carboxylic acids is 2. The molecule has 0 fully saturated rings. The minimum atomic E-state index is -0.603. The number of nitrogens with zero attached hydrogens (tertiary/aromatic N) is 2. The van der Waals surface area contributed by atoms with Gasteiger partial charge < -0.3 is 16.4 Å². The molecule has 1 heterocycles. The SMILES string of the molecule is CNC(=O)Cc1ccc(Cn2cc(C(=O)NCc3ccc(C(=N)N)c(F)c3)cn2)cc1. The molecule has 2 amide bonds. The van der Waals surface area contributed by atoms with E-state index in [2.05, 4.69) is 15.7 Å². The third kappa shape index (κ3) is 5.75. The van der Waals surface area contributed by atoms with Gasteiger partial charge in [0.15, 0.2) is 0 Å². The molecular formula is C22H23FN6O2. The lowest BCUT2D eigenvalue weighted by Crippen LogP contribution is -2.22. The molecule has 2 aromatic carbocycles. The van der Waals surface area contributed by atoms with Gasteiger partial charge in [-0.25, -0.2) is 4.39 Å². The van der Waals surface area contributed by atoms with E-state index < -0.39 is 5.82 Å². The molecule has 0 aliphatic rings. The van der Waals surface area contributed by atoms with Crippen LogP contribution in [0.4, 0.5) is 4.39 Å². The maximum absolute atomic E-state index is 13.9. The first-order chi connectivity index (χ1) is 14.9. The molecule has 0 spiro atoms. The van der Waals surface area contributed by atoms with Crippen molar-refractivity contribution in [1.29, 1.82) is 5.41 Å². The average molecular weight is 422 g/mol. The van der Waals surface area contributed by atoms with Gasteiger partial charge in [-0.15, -0.1) is 0 Å². The molecule has 0 radical (unpaired) electrons. The van der Waals surface area contributed by atoms with Crippen LogP contribution in [0.15, 0.2) is 54.9 Å². The van der Waals surface area contributed by atoms with Crippen LogP contribution in [0, 0.1) is 11.2 Å². The Balaban J connectivity index is 1.56. The summed E-state index contributed by atoms with van der Waals surface area (Å²) in [4.78, 5) is 23.8. The smallest absolute Gasteiger partial charge is 0.254 e. The number of nitrogen functional groups attached to an aromatic ring is 1. The van der Waals surface area contributed by atoms with Crippen molar-refractivity contribution in [2.24, 2.45) is 5.73 Å². The Morgan fingerprint density at radius 1 is 1.13 bits per heavy atom. The average Bonchev–Trinajstić information content (AvgIpc) is 3.21. The molecule has 8 nitrogen and oxygen atoms in total. The van der Waals surface area contributed by atoms with Gasteiger partial charge in [-0.3, -0.25) is 19.7 Å². The van der Waals surface area contributed by atoms with Crippen molar-refractivity contribution < 1.29 is 14.0 Å². The monoisotopic (exact) mass is 422 g/mol. The molecule has 0 aliphatic carbocycles. The standard InChI is InChI=1S/C22H23FN6O2/c1-26-20(30)9-14-2-4-15(5-3-14)12-29-13-17(11-28-29)22(31)27-10-16-6-7-18(21(24)25)19(23)8-16/h2-8,11,13H,9-10,12H2,1H3,(H3,24,25)(H,26,30)(H,27,31). The molecule has 5 N–H and O–H groups in total. The minimum absolute atomic E-state index is 0.0259. The Morgan fingerprint density at radius 2 is 1.81 bits per heavy atom. The summed E-state index contributed by atoms with van der Waals surface area (Å²) in [5.41, 5.74) is 8.16. The predicted molar refractivity (Wildman–Crippen MR) is 114 cm³/mol. The number of rotatable bonds is 8. The van der Waals surface area contributed by atoms with Crippen molar-refractivity contribution in [3.05, 3.63) is 88.5 Å². The van der Waals surface area contributed by atoms with E-state index >= 15 is 0 Å². The number of nitrogens with two attached hydrogens (primary N) is 1. The van der Waals surface area contributed by atoms with E-state index in [1.807, 2.05) is 24.3 Å². The number of amidine groups is 1. The van der Waals surface area contributed by atoms with E-state index in [9.17, 15) is 14.0 Å². The van der Waals surface area contributed by atoms with Crippen LogP contribution in [0.3, 0.4) is 0 Å². The molecule has 1 aromatic heterocycles. The van der Waals surface area contributed by atoms with Crippen molar-refractivity contribution in [2.75, 3.05) is 7.05 Å². The summed E-state index contributed by atoms with van der Waals surface area (Å²) in [5.74, 6) is -1.33. The molecule has 9 heteroatoms. The summed E-state index contributed by atoms with van der Waals surface area (Å²) in [6.45, 7) is 0.608. The summed E-state index contributed by atoms with van der Waals surface area (Å²) in [6, 6.07) is 11.9. The Kier molecular flexibility index (Phi) is 6.76. The lowest BCUT2D eigenvalue weighted by atomic mass is 10.1. The first kappa shape index (κ1) is 21.7. The van der Waals surface area contributed by atoms with Crippen molar-refractivity contribution in [3.8, 4) is 0 Å². The highest BCUT2D eigenvalue weighted by atomic mass is 19.1. The summed E-state index contributed by atoms with van der Waals surface area (Å²) < 4.78 is 15.5. The fourth-order valence-electron chi connectivity index (χ4n) is 2.96. The zero-order chi connectivity index (χ0) is 22.4. The second kappa shape index (κ2) is 9.66. The van der Waals surface area contributed by atoms with Crippen molar-refractivity contribution in [3.63, 3.8) is 0 Å². The molecule has 160 valence electrons. The fourth-order valence-corrected chi connectivity index (χ4v) is 2.96. The van der Waals surface area contributed by atoms with Crippen LogP contribution >= 0.6 is 0 Å². The molecule has 0 saturated heterocycles. The van der Waals surface area contributed by atoms with E-state index in [0.29, 0.717) is 24.1 Å². The van der Waals surface area contributed by atoms with E-state index in [-0.39, 0.29) is 29.8 Å². The van der Waals surface area contributed by atoms with Gasteiger partial charge in [0.2, 0.25) is 5.91 Å². The van der Waals surface area contributed by atoms with E-state index in [0.717, 1.165) is 11.1 Å². The Bertz CT molecular complexity index is 1110. The van der Waals surface area contributed by atoms with Gasteiger partial charge in [-0.2, -0.15) is 5.10 Å². The Hall–Kier alpha value is -4.01. The van der Waals surface area contributed by atoms with Crippen molar-refractivity contribution in [2.45, 2.75) is 19.5 Å². The van der Waals surface area contributed by atoms with Crippen LogP contribution < -0.4 is 16.4 Å². The molecular weight excluding hydrogens is 399 g/mol. The van der Waals surface area contributed by atoms with Crippen LogP contribution in [0.5, 0.6) is 0 Å². The summed E-state index contributed by atoms with van der Waals surface area (Å²) in [7, 11) is 1.60. The van der Waals surface area contributed by atoms with Crippen LogP contribution in [-0.2, 0) is 24.3 Å². The van der Waals surface area contributed by atoms with E-state index in [1.54, 1.807) is 24.0 Å². The molecule has 3 rings (SSSR count). The summed E-state index contributed by atoms with van der Waals surface area (Å²) in [5, 5.41) is 16.8. The highest BCUT2D eigenvalue weighted by Crippen LogP contribution is 2.11. The second-order valence-corrected chi connectivity index (χ2v) is 7.00. The number of nitrogens with one attached hydrogen (secondary N) is 3. The first-order valence-electron chi connectivity index (χ1n) is 9.57. The number of likely N-dealkylation sites (N-methyl/N-ethyl adjacent to an activating group) is 1. The maximum atomic E-state index is 13.9. The van der Waals surface area contributed by atoms with Gasteiger partial charge in [0.25, 0.3) is 5.91 Å². The maximum Gasteiger partial charge on any atom is 0.254 e. The Morgan fingerprint density at radius 3 is 2.45 bits per heavy atom. The van der Waals surface area contributed by atoms with Crippen LogP contribution in [0.25, 0.3) is 0 Å². The number of aromatic nitrogens is 2. The summed E-state index contributed by atoms with van der Waals surface area (Å²) >= 11 is 0.